The number of halogens is 2. The topological polar surface area (TPSA) is 15.8 Å². The Morgan fingerprint density at radius 3 is 2.11 bits per heavy atom. The van der Waals surface area contributed by atoms with Crippen LogP contribution in [0.15, 0.2) is 12.3 Å². The molecule has 9 heavy (non-hydrogen) atoms. The molecule has 4 heteroatoms. The summed E-state index contributed by atoms with van der Waals surface area (Å²) < 4.78 is 1.29. The monoisotopic (exact) mass is 430 g/mol. The molecule has 0 saturated carbocycles. The molecule has 0 aromatic carbocycles. The van der Waals surface area contributed by atoms with Crippen molar-refractivity contribution in [3.05, 3.63) is 17.8 Å². The number of H-pyrrole nitrogens is 1. The Morgan fingerprint density at radius 2 is 2.00 bits per heavy atom. The molecule has 0 bridgehead atoms. The van der Waals surface area contributed by atoms with Gasteiger partial charge in [0.2, 0.25) is 0 Å². The van der Waals surface area contributed by atoms with Crippen molar-refractivity contribution in [1.29, 1.82) is 0 Å². The van der Waals surface area contributed by atoms with E-state index in [2.05, 4.69) is 18.0 Å². The summed E-state index contributed by atoms with van der Waals surface area (Å²) in [5, 5.41) is 0. The summed E-state index contributed by atoms with van der Waals surface area (Å²) in [6, 6.07) is 2.07. The van der Waals surface area contributed by atoms with Crippen LogP contribution in [-0.2, 0) is 18.6 Å². The minimum Gasteiger partial charge on any atom is -1.00 e. The minimum absolute atomic E-state index is 0. The van der Waals surface area contributed by atoms with E-state index in [0.29, 0.717) is 0 Å². The Morgan fingerprint density at radius 1 is 1.44 bits per heavy atom. The maximum Gasteiger partial charge on any atom is -1.00 e. The molecule has 0 saturated heterocycles. The smallest absolute Gasteiger partial charge is 1.00 e. The van der Waals surface area contributed by atoms with Gasteiger partial charge in [-0.2, -0.15) is 0 Å². The second-order valence-corrected chi connectivity index (χ2v) is 2.73. The van der Waals surface area contributed by atoms with Crippen molar-refractivity contribution in [1.82, 2.24) is 4.98 Å². The number of nitrogens with one attached hydrogen (secondary N) is 1. The zero-order valence-electron chi connectivity index (χ0n) is 4.76. The quantitative estimate of drug-likeness (QED) is 0.423. The average Bonchev–Trinajstić information content (AvgIpc) is 1.91. The summed E-state index contributed by atoms with van der Waals surface area (Å²) in [6.45, 7) is 2.10. The Labute approximate surface area is 86.1 Å². The number of rotatable bonds is 0. The van der Waals surface area contributed by atoms with Gasteiger partial charge in [-0.15, -0.1) is 0 Å². The molecule has 0 atom stereocenters. The van der Waals surface area contributed by atoms with Gasteiger partial charge in [-0.3, -0.25) is 0 Å². The van der Waals surface area contributed by atoms with Crippen molar-refractivity contribution in [2.24, 2.45) is 0 Å². The fourth-order valence-corrected chi connectivity index (χ4v) is 0.846. The van der Waals surface area contributed by atoms with Gasteiger partial charge in [-0.05, 0) is 0 Å². The SMILES string of the molecule is Cc1cc[nH][c]1[Os+2].[Br-].[Br-]. The van der Waals surface area contributed by atoms with Crippen molar-refractivity contribution >= 4 is 4.25 Å². The average molecular weight is 430 g/mol. The zero-order valence-corrected chi connectivity index (χ0v) is 10.5. The Hall–Kier alpha value is 0.876. The molecule has 0 aliphatic carbocycles. The van der Waals surface area contributed by atoms with Crippen molar-refractivity contribution in [2.45, 2.75) is 6.92 Å². The summed E-state index contributed by atoms with van der Waals surface area (Å²) in [6.07, 6.45) is 1.96. The normalized spacial score (nSPS) is 7.22. The number of hydrogen-bond acceptors (Lipinski definition) is 0. The molecule has 53 valence electrons. The Kier molecular flexibility index (Phi) is 7.87. The van der Waals surface area contributed by atoms with E-state index in [1.807, 2.05) is 24.8 Å². The van der Waals surface area contributed by atoms with Crippen LogP contribution in [0.25, 0.3) is 0 Å². The van der Waals surface area contributed by atoms with E-state index in [-0.39, 0.29) is 34.0 Å². The Bertz CT molecular complexity index is 147. The third-order valence-corrected chi connectivity index (χ3v) is 2.24. The third kappa shape index (κ3) is 3.55. The van der Waals surface area contributed by atoms with Crippen molar-refractivity contribution < 1.29 is 52.6 Å². The van der Waals surface area contributed by atoms with E-state index in [0.717, 1.165) is 0 Å². The van der Waals surface area contributed by atoms with Gasteiger partial charge in [0, 0.05) is 0 Å². The number of aryl methyl sites for hydroxylation is 1. The summed E-state index contributed by atoms with van der Waals surface area (Å²) >= 11 is 1.88. The third-order valence-electron chi connectivity index (χ3n) is 0.876. The van der Waals surface area contributed by atoms with Crippen molar-refractivity contribution in [2.75, 3.05) is 0 Å². The summed E-state index contributed by atoms with van der Waals surface area (Å²) in [4.78, 5) is 3.08. The van der Waals surface area contributed by atoms with E-state index in [1.54, 1.807) is 0 Å². The molecule has 0 aliphatic heterocycles. The van der Waals surface area contributed by atoms with Crippen LogP contribution >= 0.6 is 0 Å². The van der Waals surface area contributed by atoms with E-state index >= 15 is 0 Å². The first kappa shape index (κ1) is 12.5. The van der Waals surface area contributed by atoms with Crippen LogP contribution in [0.3, 0.4) is 0 Å². The molecule has 0 aliphatic rings. The summed E-state index contributed by atoms with van der Waals surface area (Å²) in [5.41, 5.74) is 1.35. The van der Waals surface area contributed by atoms with E-state index in [1.165, 1.54) is 9.81 Å². The van der Waals surface area contributed by atoms with E-state index in [4.69, 9.17) is 0 Å². The second-order valence-electron chi connectivity index (χ2n) is 1.46. The molecule has 0 fully saturated rings. The second kappa shape index (κ2) is 5.65. The maximum absolute atomic E-state index is 3.08. The van der Waals surface area contributed by atoms with Crippen LogP contribution in [-0.4, -0.2) is 4.98 Å². The van der Waals surface area contributed by atoms with Gasteiger partial charge in [0.1, 0.15) is 0 Å². The molecule has 1 aromatic rings. The van der Waals surface area contributed by atoms with Gasteiger partial charge in [0.15, 0.2) is 0 Å². The molecule has 1 heterocycles. The van der Waals surface area contributed by atoms with Crippen LogP contribution < -0.4 is 38.2 Å². The first-order valence-corrected chi connectivity index (χ1v) is 3.36. The maximum atomic E-state index is 3.08. The van der Waals surface area contributed by atoms with Crippen molar-refractivity contribution in [3.8, 4) is 0 Å². The molecule has 1 N–H and O–H groups in total. The molecule has 1 rings (SSSR count). The molecule has 0 radical (unpaired) electrons. The molecule has 0 unspecified atom stereocenters. The predicted molar refractivity (Wildman–Crippen MR) is 25.2 cm³/mol. The van der Waals surface area contributed by atoms with Gasteiger partial charge >= 0.3 is 52.6 Å². The molecule has 1 nitrogen and oxygen atoms in total. The van der Waals surface area contributed by atoms with E-state index < -0.39 is 0 Å². The van der Waals surface area contributed by atoms with Gasteiger partial charge in [0.25, 0.3) is 0 Å². The van der Waals surface area contributed by atoms with Gasteiger partial charge in [-0.25, -0.2) is 0 Å². The van der Waals surface area contributed by atoms with Gasteiger partial charge in [0.05, 0.1) is 0 Å². The van der Waals surface area contributed by atoms with E-state index in [9.17, 15) is 0 Å². The molecular formula is C5H6Br2NOs. The number of hydrogen-bond donors (Lipinski definition) is 1. The van der Waals surface area contributed by atoms with Crippen LogP contribution in [0.2, 0.25) is 0 Å². The Balaban J connectivity index is 0. The molecule has 0 amide bonds. The van der Waals surface area contributed by atoms with Crippen LogP contribution in [0.5, 0.6) is 0 Å². The predicted octanol–water partition coefficient (Wildman–Crippen LogP) is -5.50. The molecule has 0 spiro atoms. The van der Waals surface area contributed by atoms with Gasteiger partial charge < -0.3 is 34.0 Å². The number of aromatic amines is 1. The first-order valence-electron chi connectivity index (χ1n) is 2.09. The largest absolute Gasteiger partial charge is 1.00 e. The van der Waals surface area contributed by atoms with Crippen LogP contribution in [0.4, 0.5) is 0 Å². The standard InChI is InChI=1S/C5H6N.2BrH.Os/c1-5-2-3-6-4-5;;;/h2-3,6H,1H3;2*1H;/q;;;+2/p-2. The van der Waals surface area contributed by atoms with Crippen LogP contribution in [0.1, 0.15) is 5.56 Å². The molecule has 1 aromatic heterocycles. The fourth-order valence-electron chi connectivity index (χ4n) is 0.423. The fraction of sp³-hybridized carbons (Fsp3) is 0.200. The van der Waals surface area contributed by atoms with Crippen molar-refractivity contribution in [3.63, 3.8) is 0 Å². The zero-order chi connectivity index (χ0) is 5.28. The summed E-state index contributed by atoms with van der Waals surface area (Å²) in [5.74, 6) is 0. The number of aromatic nitrogens is 1. The van der Waals surface area contributed by atoms with Crippen LogP contribution in [0, 0.1) is 6.92 Å². The molecular weight excluding hydrogens is 424 g/mol. The van der Waals surface area contributed by atoms with Gasteiger partial charge in [-0.1, -0.05) is 0 Å². The summed E-state index contributed by atoms with van der Waals surface area (Å²) in [7, 11) is 0. The first-order chi connectivity index (χ1) is 3.30. The minimum atomic E-state index is 0.